The lowest BCUT2D eigenvalue weighted by Crippen LogP contribution is -2.40. The largest absolute Gasteiger partial charge is 0.480 e. The van der Waals surface area contributed by atoms with Gasteiger partial charge in [0.05, 0.1) is 0 Å². The molecule has 0 saturated heterocycles. The normalized spacial score (nSPS) is 14.4. The minimum absolute atomic E-state index is 0.324. The topological polar surface area (TPSA) is 78.4 Å². The average molecular weight is 262 g/mol. The molecule has 1 aromatic carbocycles. The molecular weight excluding hydrogens is 244 g/mol. The van der Waals surface area contributed by atoms with Crippen LogP contribution in [0.25, 0.3) is 0 Å². The minimum Gasteiger partial charge on any atom is -0.480 e. The zero-order valence-electron chi connectivity index (χ0n) is 10.9. The van der Waals surface area contributed by atoms with E-state index >= 15 is 0 Å². The molecule has 1 aliphatic rings. The van der Waals surface area contributed by atoms with E-state index in [9.17, 15) is 9.59 Å². The maximum Gasteiger partial charge on any atom is 0.326 e. The van der Waals surface area contributed by atoms with E-state index in [0.717, 1.165) is 24.2 Å². The van der Waals surface area contributed by atoms with Crippen molar-refractivity contribution in [1.82, 2.24) is 5.32 Å². The third-order valence-electron chi connectivity index (χ3n) is 3.26. The van der Waals surface area contributed by atoms with Gasteiger partial charge in [0.1, 0.15) is 6.04 Å². The second kappa shape index (κ2) is 5.73. The summed E-state index contributed by atoms with van der Waals surface area (Å²) in [4.78, 5) is 23.1. The molecule has 0 unspecified atom stereocenters. The fourth-order valence-electron chi connectivity index (χ4n) is 2.23. The van der Waals surface area contributed by atoms with E-state index in [2.05, 4.69) is 10.6 Å². The van der Waals surface area contributed by atoms with Crippen LogP contribution in [0.4, 0.5) is 5.69 Å². The summed E-state index contributed by atoms with van der Waals surface area (Å²) in [6.45, 7) is 2.77. The van der Waals surface area contributed by atoms with E-state index in [-0.39, 0.29) is 5.91 Å². The monoisotopic (exact) mass is 262 g/mol. The summed E-state index contributed by atoms with van der Waals surface area (Å²) >= 11 is 0. The molecule has 0 radical (unpaired) electrons. The molecule has 5 heteroatoms. The van der Waals surface area contributed by atoms with Crippen molar-refractivity contribution >= 4 is 17.6 Å². The Kier molecular flexibility index (Phi) is 4.04. The van der Waals surface area contributed by atoms with Crippen molar-refractivity contribution in [2.45, 2.75) is 32.2 Å². The first-order valence-corrected chi connectivity index (χ1v) is 6.52. The van der Waals surface area contributed by atoms with E-state index < -0.39 is 12.0 Å². The number of hydrogen-bond acceptors (Lipinski definition) is 3. The van der Waals surface area contributed by atoms with Crippen molar-refractivity contribution in [3.8, 4) is 0 Å². The maximum atomic E-state index is 12.0. The van der Waals surface area contributed by atoms with Gasteiger partial charge >= 0.3 is 5.97 Å². The SMILES string of the molecule is CCC[C@@H](NC(=O)c1ccc2c(c1)CCN2)C(=O)O. The van der Waals surface area contributed by atoms with E-state index in [0.29, 0.717) is 18.4 Å². The Morgan fingerprint density at radius 2 is 2.26 bits per heavy atom. The fraction of sp³-hybridized carbons (Fsp3) is 0.429. The van der Waals surface area contributed by atoms with Crippen molar-refractivity contribution in [1.29, 1.82) is 0 Å². The Balaban J connectivity index is 2.09. The minimum atomic E-state index is -0.988. The number of benzene rings is 1. The van der Waals surface area contributed by atoms with Crippen LogP contribution in [0.5, 0.6) is 0 Å². The second-order valence-electron chi connectivity index (χ2n) is 4.70. The molecule has 0 saturated carbocycles. The third kappa shape index (κ3) is 3.05. The molecular formula is C14H18N2O3. The van der Waals surface area contributed by atoms with Crippen LogP contribution in [-0.2, 0) is 11.2 Å². The first kappa shape index (κ1) is 13.4. The van der Waals surface area contributed by atoms with Crippen molar-refractivity contribution < 1.29 is 14.7 Å². The Bertz CT molecular complexity index is 499. The average Bonchev–Trinajstić information content (AvgIpc) is 2.85. The molecule has 0 bridgehead atoms. The quantitative estimate of drug-likeness (QED) is 0.753. The van der Waals surface area contributed by atoms with E-state index in [4.69, 9.17) is 5.11 Å². The summed E-state index contributed by atoms with van der Waals surface area (Å²) in [5.41, 5.74) is 2.68. The number of carbonyl (C=O) groups excluding carboxylic acids is 1. The summed E-state index contributed by atoms with van der Waals surface area (Å²) in [7, 11) is 0. The highest BCUT2D eigenvalue weighted by Gasteiger charge is 2.20. The van der Waals surface area contributed by atoms with E-state index in [1.165, 1.54) is 0 Å². The number of anilines is 1. The zero-order valence-corrected chi connectivity index (χ0v) is 10.9. The molecule has 1 amide bonds. The van der Waals surface area contributed by atoms with Gasteiger partial charge in [0.2, 0.25) is 0 Å². The van der Waals surface area contributed by atoms with Crippen LogP contribution < -0.4 is 10.6 Å². The molecule has 3 N–H and O–H groups in total. The van der Waals surface area contributed by atoms with Gasteiger partial charge in [-0.25, -0.2) is 4.79 Å². The molecule has 2 rings (SSSR count). The molecule has 1 atom stereocenters. The van der Waals surface area contributed by atoms with Crippen LogP contribution in [-0.4, -0.2) is 29.6 Å². The van der Waals surface area contributed by atoms with Crippen LogP contribution in [0.1, 0.15) is 35.7 Å². The van der Waals surface area contributed by atoms with Crippen molar-refractivity contribution in [3.05, 3.63) is 29.3 Å². The number of carboxylic acids is 1. The van der Waals surface area contributed by atoms with Crippen LogP contribution in [0.3, 0.4) is 0 Å². The van der Waals surface area contributed by atoms with Crippen molar-refractivity contribution in [2.75, 3.05) is 11.9 Å². The van der Waals surface area contributed by atoms with Gasteiger partial charge in [-0.15, -0.1) is 0 Å². The van der Waals surface area contributed by atoms with Gasteiger partial charge in [0.15, 0.2) is 0 Å². The Labute approximate surface area is 112 Å². The lowest BCUT2D eigenvalue weighted by atomic mass is 10.1. The first-order valence-electron chi connectivity index (χ1n) is 6.52. The molecule has 102 valence electrons. The highest BCUT2D eigenvalue weighted by Crippen LogP contribution is 2.23. The van der Waals surface area contributed by atoms with Gasteiger partial charge in [0.25, 0.3) is 5.91 Å². The third-order valence-corrected chi connectivity index (χ3v) is 3.26. The number of carbonyl (C=O) groups is 2. The number of hydrogen-bond donors (Lipinski definition) is 3. The first-order chi connectivity index (χ1) is 9.11. The summed E-state index contributed by atoms with van der Waals surface area (Å²) in [6, 6.07) is 4.60. The smallest absolute Gasteiger partial charge is 0.326 e. The Morgan fingerprint density at radius 3 is 2.95 bits per heavy atom. The molecule has 19 heavy (non-hydrogen) atoms. The van der Waals surface area contributed by atoms with Gasteiger partial charge < -0.3 is 15.7 Å². The number of amides is 1. The van der Waals surface area contributed by atoms with Crippen LogP contribution in [0, 0.1) is 0 Å². The summed E-state index contributed by atoms with van der Waals surface area (Å²) < 4.78 is 0. The number of carboxylic acid groups (broad SMARTS) is 1. The fourth-order valence-corrected chi connectivity index (χ4v) is 2.23. The van der Waals surface area contributed by atoms with Crippen LogP contribution in [0.2, 0.25) is 0 Å². The number of fused-ring (bicyclic) bond motifs is 1. The highest BCUT2D eigenvalue weighted by atomic mass is 16.4. The van der Waals surface area contributed by atoms with Gasteiger partial charge in [-0.2, -0.15) is 0 Å². The van der Waals surface area contributed by atoms with E-state index in [1.54, 1.807) is 6.07 Å². The molecule has 0 fully saturated rings. The Morgan fingerprint density at radius 1 is 1.47 bits per heavy atom. The van der Waals surface area contributed by atoms with Crippen LogP contribution >= 0.6 is 0 Å². The van der Waals surface area contributed by atoms with Gasteiger partial charge in [-0.05, 0) is 36.6 Å². The molecule has 0 aromatic heterocycles. The molecule has 0 spiro atoms. The molecule has 1 heterocycles. The lowest BCUT2D eigenvalue weighted by molar-refractivity contribution is -0.139. The van der Waals surface area contributed by atoms with Crippen molar-refractivity contribution in [3.63, 3.8) is 0 Å². The number of rotatable bonds is 5. The highest BCUT2D eigenvalue weighted by molar-refractivity contribution is 5.97. The second-order valence-corrected chi connectivity index (χ2v) is 4.70. The molecule has 1 aromatic rings. The van der Waals surface area contributed by atoms with Gasteiger partial charge in [0, 0.05) is 17.8 Å². The summed E-state index contributed by atoms with van der Waals surface area (Å²) in [6.07, 6.45) is 2.05. The zero-order chi connectivity index (χ0) is 13.8. The molecule has 1 aliphatic heterocycles. The lowest BCUT2D eigenvalue weighted by Gasteiger charge is -2.14. The maximum absolute atomic E-state index is 12.0. The predicted octanol–water partition coefficient (Wildman–Crippen LogP) is 1.64. The van der Waals surface area contributed by atoms with Crippen molar-refractivity contribution in [2.24, 2.45) is 0 Å². The van der Waals surface area contributed by atoms with Gasteiger partial charge in [-0.3, -0.25) is 4.79 Å². The van der Waals surface area contributed by atoms with Gasteiger partial charge in [-0.1, -0.05) is 13.3 Å². The number of aliphatic carboxylic acids is 1. The summed E-state index contributed by atoms with van der Waals surface area (Å²) in [5, 5.41) is 14.8. The summed E-state index contributed by atoms with van der Waals surface area (Å²) in [5.74, 6) is -1.31. The molecule has 5 nitrogen and oxygen atoms in total. The number of nitrogens with one attached hydrogen (secondary N) is 2. The molecule has 0 aliphatic carbocycles. The standard InChI is InChI=1S/C14H18N2O3/c1-2-3-12(14(18)19)16-13(17)10-4-5-11-9(8-10)6-7-15-11/h4-5,8,12,15H,2-3,6-7H2,1H3,(H,16,17)(H,18,19)/t12-/m1/s1. The van der Waals surface area contributed by atoms with Crippen LogP contribution in [0.15, 0.2) is 18.2 Å². The Hall–Kier alpha value is -2.04. The van der Waals surface area contributed by atoms with E-state index in [1.807, 2.05) is 19.1 Å². The predicted molar refractivity (Wildman–Crippen MR) is 72.4 cm³/mol.